The van der Waals surface area contributed by atoms with Crippen molar-refractivity contribution in [1.29, 1.82) is 0 Å². The molecule has 90 valence electrons. The van der Waals surface area contributed by atoms with Gasteiger partial charge >= 0.3 is 6.18 Å². The summed E-state index contributed by atoms with van der Waals surface area (Å²) in [5.41, 5.74) is -0.692. The summed E-state index contributed by atoms with van der Waals surface area (Å²) in [7, 11) is 0. The molecule has 0 radical (unpaired) electrons. The lowest BCUT2D eigenvalue weighted by Gasteiger charge is -2.11. The van der Waals surface area contributed by atoms with Gasteiger partial charge in [-0.05, 0) is 40.5 Å². The number of halogens is 4. The first-order valence-electron chi connectivity index (χ1n) is 4.94. The number of ether oxygens (including phenoxy) is 1. The molecule has 0 heterocycles. The van der Waals surface area contributed by atoms with Crippen molar-refractivity contribution in [1.82, 2.24) is 0 Å². The molecule has 5 heteroatoms. The van der Waals surface area contributed by atoms with Crippen molar-refractivity contribution < 1.29 is 17.9 Å². The topological polar surface area (TPSA) is 9.23 Å². The van der Waals surface area contributed by atoms with Gasteiger partial charge in [0, 0.05) is 0 Å². The van der Waals surface area contributed by atoms with Crippen LogP contribution in [0.3, 0.4) is 0 Å². The normalized spacial score (nSPS) is 11.6. The highest BCUT2D eigenvalue weighted by atomic mass is 79.9. The van der Waals surface area contributed by atoms with Crippen LogP contribution in [0.25, 0.3) is 0 Å². The van der Waals surface area contributed by atoms with E-state index in [1.807, 2.05) is 6.92 Å². The standard InChI is InChI=1S/C11H12BrF3O/c1-2-3-6-16-10-7-8(11(13,14)15)4-5-9(10)12/h4-5,7H,2-3,6H2,1H3. The SMILES string of the molecule is CCCCOc1cc(C(F)(F)F)ccc1Br. The molecule has 1 aromatic rings. The van der Waals surface area contributed by atoms with Crippen molar-refractivity contribution in [2.24, 2.45) is 0 Å². The number of hydrogen-bond acceptors (Lipinski definition) is 1. The van der Waals surface area contributed by atoms with Crippen LogP contribution in [-0.4, -0.2) is 6.61 Å². The van der Waals surface area contributed by atoms with Gasteiger partial charge in [-0.3, -0.25) is 0 Å². The Balaban J connectivity index is 2.83. The van der Waals surface area contributed by atoms with E-state index in [2.05, 4.69) is 15.9 Å². The Morgan fingerprint density at radius 2 is 2.00 bits per heavy atom. The van der Waals surface area contributed by atoms with Gasteiger partial charge in [0.05, 0.1) is 16.6 Å². The Morgan fingerprint density at radius 1 is 1.31 bits per heavy atom. The van der Waals surface area contributed by atoms with Gasteiger partial charge in [0.2, 0.25) is 0 Å². The van der Waals surface area contributed by atoms with E-state index >= 15 is 0 Å². The van der Waals surface area contributed by atoms with E-state index in [1.54, 1.807) is 0 Å². The first-order chi connectivity index (χ1) is 7.45. The zero-order valence-corrected chi connectivity index (χ0v) is 10.4. The molecule has 0 spiro atoms. The Kier molecular flexibility index (Phi) is 4.65. The fraction of sp³-hybridized carbons (Fsp3) is 0.455. The molecule has 0 fully saturated rings. The predicted molar refractivity (Wildman–Crippen MR) is 59.5 cm³/mol. The van der Waals surface area contributed by atoms with Crippen LogP contribution in [0.1, 0.15) is 25.3 Å². The van der Waals surface area contributed by atoms with Crippen LogP contribution in [0, 0.1) is 0 Å². The van der Waals surface area contributed by atoms with Gasteiger partial charge in [-0.1, -0.05) is 13.3 Å². The largest absolute Gasteiger partial charge is 0.492 e. The van der Waals surface area contributed by atoms with E-state index in [-0.39, 0.29) is 5.75 Å². The second-order valence-electron chi connectivity index (χ2n) is 3.34. The van der Waals surface area contributed by atoms with Gasteiger partial charge < -0.3 is 4.74 Å². The lowest BCUT2D eigenvalue weighted by Crippen LogP contribution is -2.06. The molecule has 1 rings (SSSR count). The molecule has 0 amide bonds. The maximum Gasteiger partial charge on any atom is 0.416 e. The average molecular weight is 297 g/mol. The molecule has 0 unspecified atom stereocenters. The van der Waals surface area contributed by atoms with Crippen molar-refractivity contribution in [3.8, 4) is 5.75 Å². The molecule has 1 aromatic carbocycles. The van der Waals surface area contributed by atoms with Crippen LogP contribution in [0.4, 0.5) is 13.2 Å². The lowest BCUT2D eigenvalue weighted by atomic mass is 10.2. The third kappa shape index (κ3) is 3.70. The van der Waals surface area contributed by atoms with Crippen LogP contribution in [-0.2, 0) is 6.18 Å². The number of alkyl halides is 3. The zero-order valence-electron chi connectivity index (χ0n) is 8.77. The molecule has 1 nitrogen and oxygen atoms in total. The van der Waals surface area contributed by atoms with E-state index in [0.717, 1.165) is 25.0 Å². The first-order valence-corrected chi connectivity index (χ1v) is 5.74. The fourth-order valence-electron chi connectivity index (χ4n) is 1.12. The first kappa shape index (κ1) is 13.4. The molecular weight excluding hydrogens is 285 g/mol. The number of benzene rings is 1. The highest BCUT2D eigenvalue weighted by molar-refractivity contribution is 9.10. The Bertz CT molecular complexity index is 350. The highest BCUT2D eigenvalue weighted by Gasteiger charge is 2.31. The van der Waals surface area contributed by atoms with Gasteiger partial charge in [0.1, 0.15) is 5.75 Å². The van der Waals surface area contributed by atoms with E-state index in [9.17, 15) is 13.2 Å². The summed E-state index contributed by atoms with van der Waals surface area (Å²) < 4.78 is 43.1. The van der Waals surface area contributed by atoms with E-state index < -0.39 is 11.7 Å². The van der Waals surface area contributed by atoms with Gasteiger partial charge in [-0.2, -0.15) is 13.2 Å². The monoisotopic (exact) mass is 296 g/mol. The van der Waals surface area contributed by atoms with Crippen LogP contribution in [0.15, 0.2) is 22.7 Å². The van der Waals surface area contributed by atoms with Crippen LogP contribution >= 0.6 is 15.9 Å². The van der Waals surface area contributed by atoms with Crippen LogP contribution in [0.2, 0.25) is 0 Å². The maximum absolute atomic E-state index is 12.4. The minimum Gasteiger partial charge on any atom is -0.492 e. The Morgan fingerprint density at radius 3 is 2.56 bits per heavy atom. The van der Waals surface area contributed by atoms with Crippen molar-refractivity contribution in [2.45, 2.75) is 25.9 Å². The smallest absolute Gasteiger partial charge is 0.416 e. The summed E-state index contributed by atoms with van der Waals surface area (Å²) in [6.07, 6.45) is -2.57. The molecule has 0 saturated heterocycles. The average Bonchev–Trinajstić information content (AvgIpc) is 2.19. The predicted octanol–water partition coefficient (Wildman–Crippen LogP) is 4.65. The van der Waals surface area contributed by atoms with Crippen molar-refractivity contribution >= 4 is 15.9 Å². The van der Waals surface area contributed by atoms with E-state index in [4.69, 9.17) is 4.74 Å². The van der Waals surface area contributed by atoms with Crippen molar-refractivity contribution in [3.63, 3.8) is 0 Å². The molecule has 0 N–H and O–H groups in total. The molecule has 0 bridgehead atoms. The van der Waals surface area contributed by atoms with Gasteiger partial charge in [-0.15, -0.1) is 0 Å². The summed E-state index contributed by atoms with van der Waals surface area (Å²) in [6.45, 7) is 2.42. The number of unbranched alkanes of at least 4 members (excludes halogenated alkanes) is 1. The molecule has 0 atom stereocenters. The summed E-state index contributed by atoms with van der Waals surface area (Å²) in [5.74, 6) is 0.239. The molecule has 0 aliphatic carbocycles. The third-order valence-corrected chi connectivity index (χ3v) is 2.67. The molecule has 0 saturated carbocycles. The second kappa shape index (κ2) is 5.57. The van der Waals surface area contributed by atoms with Gasteiger partial charge in [0.25, 0.3) is 0 Å². The van der Waals surface area contributed by atoms with Gasteiger partial charge in [-0.25, -0.2) is 0 Å². The minimum atomic E-state index is -4.33. The molecule has 0 aliphatic rings. The molecule has 0 aliphatic heterocycles. The summed E-state index contributed by atoms with van der Waals surface area (Å²) >= 11 is 3.16. The van der Waals surface area contributed by atoms with Crippen LogP contribution < -0.4 is 4.74 Å². The van der Waals surface area contributed by atoms with Gasteiger partial charge in [0.15, 0.2) is 0 Å². The Hall–Kier alpha value is -0.710. The maximum atomic E-state index is 12.4. The lowest BCUT2D eigenvalue weighted by molar-refractivity contribution is -0.137. The number of rotatable bonds is 4. The third-order valence-electron chi connectivity index (χ3n) is 2.01. The van der Waals surface area contributed by atoms with Crippen LogP contribution in [0.5, 0.6) is 5.75 Å². The summed E-state index contributed by atoms with van der Waals surface area (Å²) in [5, 5.41) is 0. The van der Waals surface area contributed by atoms with E-state index in [1.165, 1.54) is 6.07 Å². The number of hydrogen-bond donors (Lipinski definition) is 0. The molecule has 0 aromatic heterocycles. The Labute approximate surface area is 101 Å². The zero-order chi connectivity index (χ0) is 12.2. The molecule has 16 heavy (non-hydrogen) atoms. The molecular formula is C11H12BrF3O. The van der Waals surface area contributed by atoms with Crippen molar-refractivity contribution in [2.75, 3.05) is 6.61 Å². The van der Waals surface area contributed by atoms with Crippen molar-refractivity contribution in [3.05, 3.63) is 28.2 Å². The summed E-state index contributed by atoms with van der Waals surface area (Å²) in [4.78, 5) is 0. The fourth-order valence-corrected chi connectivity index (χ4v) is 1.48. The second-order valence-corrected chi connectivity index (χ2v) is 4.20. The van der Waals surface area contributed by atoms with E-state index in [0.29, 0.717) is 11.1 Å². The minimum absolute atomic E-state index is 0.239. The summed E-state index contributed by atoms with van der Waals surface area (Å²) in [6, 6.07) is 3.39. The quantitative estimate of drug-likeness (QED) is 0.735. The highest BCUT2D eigenvalue weighted by Crippen LogP contribution is 2.35.